The molecule has 0 amide bonds. The molecule has 30 heavy (non-hydrogen) atoms. The number of hydrogen-bond acceptors (Lipinski definition) is 1. The highest BCUT2D eigenvalue weighted by Gasteiger charge is 2.39. The van der Waals surface area contributed by atoms with E-state index in [-0.39, 0.29) is 6.85 Å². The van der Waals surface area contributed by atoms with Crippen LogP contribution in [0.5, 0.6) is 0 Å². The minimum Gasteiger partial charge on any atom is -0.376 e. The smallest absolute Gasteiger partial charge is 0.376 e. The number of anilines is 2. The lowest BCUT2D eigenvalue weighted by Crippen LogP contribution is -2.57. The normalized spacial score (nSPS) is 13.0. The van der Waals surface area contributed by atoms with Crippen LogP contribution in [0.1, 0.15) is 5.56 Å². The van der Waals surface area contributed by atoms with Crippen LogP contribution in [0.4, 0.5) is 24.5 Å². The minimum absolute atomic E-state index is 0.374. The summed E-state index contributed by atoms with van der Waals surface area (Å²) in [5, 5.41) is 0. The van der Waals surface area contributed by atoms with Crippen molar-refractivity contribution in [1.82, 2.24) is 0 Å². The summed E-state index contributed by atoms with van der Waals surface area (Å²) in [6, 6.07) is 31.5. The van der Waals surface area contributed by atoms with Gasteiger partial charge in [-0.15, -0.1) is 0 Å². The predicted octanol–water partition coefficient (Wildman–Crippen LogP) is 5.63. The molecule has 5 rings (SSSR count). The molecule has 0 bridgehead atoms. The number of nitrogens with zero attached hydrogens (tertiary/aromatic N) is 1. The van der Waals surface area contributed by atoms with E-state index in [1.807, 2.05) is 84.9 Å². The summed E-state index contributed by atoms with van der Waals surface area (Å²) in [7, 11) is 0. The van der Waals surface area contributed by atoms with Gasteiger partial charge in [-0.2, -0.15) is 13.2 Å². The van der Waals surface area contributed by atoms with Crippen LogP contribution in [-0.4, -0.2) is 6.85 Å². The number of alkyl halides is 3. The molecule has 0 saturated heterocycles. The first-order chi connectivity index (χ1) is 14.5. The maximum atomic E-state index is 13.6. The fraction of sp³-hybridized carbons (Fsp3) is 0.0400. The van der Waals surface area contributed by atoms with Crippen molar-refractivity contribution in [3.8, 4) is 11.1 Å². The van der Waals surface area contributed by atoms with Crippen molar-refractivity contribution in [2.75, 3.05) is 4.81 Å². The lowest BCUT2D eigenvalue weighted by atomic mass is 9.45. The standard InChI is InChI=1S/C25H17BF3N/c27-25(28,29)18-15-16-21-22-13-7-8-14-24(22)30(20-11-5-2-6-12-20)26(23(21)17-18)19-9-3-1-4-10-19/h1-17H. The second-order valence-electron chi connectivity index (χ2n) is 7.34. The third-order valence-corrected chi connectivity index (χ3v) is 5.54. The zero-order valence-corrected chi connectivity index (χ0v) is 16.0. The summed E-state index contributed by atoms with van der Waals surface area (Å²) in [5.41, 5.74) is 4.63. The highest BCUT2D eigenvalue weighted by atomic mass is 19.4. The Morgan fingerprint density at radius 1 is 0.633 bits per heavy atom. The van der Waals surface area contributed by atoms with Crippen molar-refractivity contribution in [2.24, 2.45) is 0 Å². The Balaban J connectivity index is 1.84. The number of fused-ring (bicyclic) bond motifs is 3. The SMILES string of the molecule is FC(F)(F)c1ccc2c(c1)B(c1ccccc1)N(c1ccccc1)c1ccccc1-2. The van der Waals surface area contributed by atoms with Gasteiger partial charge in [0.1, 0.15) is 0 Å². The average molecular weight is 399 g/mol. The monoisotopic (exact) mass is 399 g/mol. The first kappa shape index (κ1) is 18.6. The van der Waals surface area contributed by atoms with Crippen molar-refractivity contribution in [2.45, 2.75) is 6.18 Å². The Hall–Kier alpha value is -3.47. The average Bonchev–Trinajstić information content (AvgIpc) is 2.78. The van der Waals surface area contributed by atoms with Crippen LogP contribution in [-0.2, 0) is 6.18 Å². The number of rotatable bonds is 2. The van der Waals surface area contributed by atoms with E-state index in [1.165, 1.54) is 12.1 Å². The van der Waals surface area contributed by atoms with Crippen LogP contribution in [0.2, 0.25) is 0 Å². The minimum atomic E-state index is -4.40. The Morgan fingerprint density at radius 2 is 1.27 bits per heavy atom. The second-order valence-corrected chi connectivity index (χ2v) is 7.34. The molecule has 0 radical (unpaired) electrons. The maximum absolute atomic E-state index is 13.6. The van der Waals surface area contributed by atoms with Crippen molar-refractivity contribution in [3.63, 3.8) is 0 Å². The molecule has 0 saturated carbocycles. The first-order valence-corrected chi connectivity index (χ1v) is 9.74. The second kappa shape index (κ2) is 7.10. The highest BCUT2D eigenvalue weighted by Crippen LogP contribution is 2.40. The van der Waals surface area contributed by atoms with Gasteiger partial charge < -0.3 is 4.81 Å². The van der Waals surface area contributed by atoms with E-state index >= 15 is 0 Å². The summed E-state index contributed by atoms with van der Waals surface area (Å²) in [6.07, 6.45) is -4.40. The van der Waals surface area contributed by atoms with Crippen molar-refractivity contribution < 1.29 is 13.2 Å². The van der Waals surface area contributed by atoms with E-state index in [1.54, 1.807) is 6.07 Å². The van der Waals surface area contributed by atoms with E-state index < -0.39 is 11.7 Å². The number of hydrogen-bond donors (Lipinski definition) is 0. The number of benzene rings is 4. The van der Waals surface area contributed by atoms with Gasteiger partial charge in [0.25, 0.3) is 0 Å². The van der Waals surface area contributed by atoms with E-state index in [0.717, 1.165) is 28.0 Å². The molecule has 0 N–H and O–H groups in total. The van der Waals surface area contributed by atoms with Crippen LogP contribution in [0, 0.1) is 0 Å². The molecule has 4 aromatic carbocycles. The Morgan fingerprint density at radius 3 is 1.97 bits per heavy atom. The van der Waals surface area contributed by atoms with Gasteiger partial charge in [-0.3, -0.25) is 0 Å². The molecule has 5 heteroatoms. The van der Waals surface area contributed by atoms with Gasteiger partial charge in [0, 0.05) is 16.9 Å². The fourth-order valence-electron chi connectivity index (χ4n) is 4.24. The fourth-order valence-corrected chi connectivity index (χ4v) is 4.24. The number of halogens is 3. The molecule has 0 spiro atoms. The van der Waals surface area contributed by atoms with Gasteiger partial charge in [-0.25, -0.2) is 0 Å². The summed E-state index contributed by atoms with van der Waals surface area (Å²) < 4.78 is 40.8. The van der Waals surface area contributed by atoms with Gasteiger partial charge in [0.15, 0.2) is 0 Å². The van der Waals surface area contributed by atoms with Gasteiger partial charge in [-0.1, -0.05) is 84.3 Å². The molecule has 0 unspecified atom stereocenters. The predicted molar refractivity (Wildman–Crippen MR) is 117 cm³/mol. The molecule has 0 atom stereocenters. The summed E-state index contributed by atoms with van der Waals surface area (Å²) in [5.74, 6) is 0. The molecule has 1 nitrogen and oxygen atoms in total. The van der Waals surface area contributed by atoms with Crippen LogP contribution in [0.15, 0.2) is 103 Å². The topological polar surface area (TPSA) is 3.24 Å². The van der Waals surface area contributed by atoms with E-state index in [4.69, 9.17) is 0 Å². The maximum Gasteiger partial charge on any atom is 0.416 e. The summed E-state index contributed by atoms with van der Waals surface area (Å²) in [6.45, 7) is -0.374. The third-order valence-electron chi connectivity index (χ3n) is 5.54. The van der Waals surface area contributed by atoms with Gasteiger partial charge in [0.2, 0.25) is 0 Å². The van der Waals surface area contributed by atoms with Crippen LogP contribution >= 0.6 is 0 Å². The van der Waals surface area contributed by atoms with Gasteiger partial charge >= 0.3 is 13.0 Å². The Bertz CT molecular complexity index is 1190. The Kier molecular flexibility index (Phi) is 4.39. The first-order valence-electron chi connectivity index (χ1n) is 9.74. The highest BCUT2D eigenvalue weighted by molar-refractivity contribution is 6.90. The quantitative estimate of drug-likeness (QED) is 0.395. The molecule has 146 valence electrons. The van der Waals surface area contributed by atoms with Gasteiger partial charge in [0.05, 0.1) is 5.56 Å². The third kappa shape index (κ3) is 3.07. The Labute approximate surface area is 173 Å². The zero-order valence-electron chi connectivity index (χ0n) is 16.0. The van der Waals surface area contributed by atoms with Crippen LogP contribution < -0.4 is 15.7 Å². The van der Waals surface area contributed by atoms with Crippen molar-refractivity contribution in [1.29, 1.82) is 0 Å². The summed E-state index contributed by atoms with van der Waals surface area (Å²) in [4.78, 5) is 2.13. The molecular formula is C25H17BF3N. The largest absolute Gasteiger partial charge is 0.416 e. The molecule has 0 fully saturated rings. The lowest BCUT2D eigenvalue weighted by molar-refractivity contribution is -0.137. The molecule has 1 heterocycles. The van der Waals surface area contributed by atoms with Gasteiger partial charge in [-0.05, 0) is 35.3 Å². The lowest BCUT2D eigenvalue weighted by Gasteiger charge is -2.39. The zero-order chi connectivity index (χ0) is 20.7. The van der Waals surface area contributed by atoms with E-state index in [0.29, 0.717) is 5.46 Å². The van der Waals surface area contributed by atoms with Crippen LogP contribution in [0.3, 0.4) is 0 Å². The van der Waals surface area contributed by atoms with Crippen molar-refractivity contribution >= 4 is 29.1 Å². The van der Waals surface area contributed by atoms with Crippen LogP contribution in [0.25, 0.3) is 11.1 Å². The molecule has 1 aliphatic heterocycles. The number of para-hydroxylation sites is 2. The molecule has 0 aliphatic carbocycles. The molecule has 4 aromatic rings. The molecule has 0 aromatic heterocycles. The van der Waals surface area contributed by atoms with Crippen molar-refractivity contribution in [3.05, 3.63) is 109 Å². The summed E-state index contributed by atoms with van der Waals surface area (Å²) >= 11 is 0. The van der Waals surface area contributed by atoms with E-state index in [2.05, 4.69) is 4.81 Å². The molecule has 1 aliphatic rings. The molecular weight excluding hydrogens is 382 g/mol. The van der Waals surface area contributed by atoms with E-state index in [9.17, 15) is 13.2 Å².